The largest absolute Gasteiger partial charge is 0.466 e. The summed E-state index contributed by atoms with van der Waals surface area (Å²) in [5.41, 5.74) is 0. The molecule has 0 heterocycles. The lowest BCUT2D eigenvalue weighted by Gasteiger charge is -2.14. The molecule has 0 aromatic heterocycles. The van der Waals surface area contributed by atoms with Gasteiger partial charge in [0.05, 0.1) is 6.61 Å². The summed E-state index contributed by atoms with van der Waals surface area (Å²) in [6, 6.07) is 0. The van der Waals surface area contributed by atoms with Gasteiger partial charge in [0.2, 0.25) is 0 Å². The van der Waals surface area contributed by atoms with Gasteiger partial charge in [0, 0.05) is 6.92 Å². The quantitative estimate of drug-likeness (QED) is 0.403. The van der Waals surface area contributed by atoms with Gasteiger partial charge in [0.1, 0.15) is 0 Å². The fourth-order valence-corrected chi connectivity index (χ4v) is 2.03. The number of rotatable bonds is 4. The van der Waals surface area contributed by atoms with Crippen molar-refractivity contribution in [2.24, 2.45) is 5.92 Å². The second kappa shape index (κ2) is 7.49. The predicted molar refractivity (Wildman–Crippen MR) is 61.6 cm³/mol. The van der Waals surface area contributed by atoms with E-state index in [9.17, 15) is 4.79 Å². The highest BCUT2D eigenvalue weighted by atomic mass is 16.5. The molecule has 2 nitrogen and oxygen atoms in total. The van der Waals surface area contributed by atoms with E-state index in [4.69, 9.17) is 4.74 Å². The third kappa shape index (κ3) is 6.32. The summed E-state index contributed by atoms with van der Waals surface area (Å²) in [6.07, 6.45) is 13.4. The smallest absolute Gasteiger partial charge is 0.302 e. The van der Waals surface area contributed by atoms with E-state index in [-0.39, 0.29) is 5.97 Å². The summed E-state index contributed by atoms with van der Waals surface area (Å²) < 4.78 is 4.93. The zero-order chi connectivity index (χ0) is 10.9. The molecule has 1 atom stereocenters. The molecule has 0 saturated carbocycles. The normalized spacial score (nSPS) is 23.9. The molecule has 1 rings (SSSR count). The minimum atomic E-state index is -0.164. The standard InChI is InChI=1S/C13H22O2/c1-12(14)15-11-7-10-13-8-5-3-2-4-6-9-13/h5,8,13H,2-4,6-7,9-11H2,1H3/b8-5-. The van der Waals surface area contributed by atoms with Crippen molar-refractivity contribution in [3.63, 3.8) is 0 Å². The molecule has 0 spiro atoms. The number of hydrogen-bond donors (Lipinski definition) is 0. The molecule has 0 saturated heterocycles. The highest BCUT2D eigenvalue weighted by molar-refractivity contribution is 5.65. The van der Waals surface area contributed by atoms with Crippen LogP contribution >= 0.6 is 0 Å². The fourth-order valence-electron chi connectivity index (χ4n) is 2.03. The number of esters is 1. The Bertz CT molecular complexity index is 209. The molecule has 0 aliphatic heterocycles. The zero-order valence-electron chi connectivity index (χ0n) is 9.71. The molecule has 2 heteroatoms. The minimum Gasteiger partial charge on any atom is -0.466 e. The van der Waals surface area contributed by atoms with Gasteiger partial charge in [0.15, 0.2) is 0 Å². The molecular formula is C13H22O2. The van der Waals surface area contributed by atoms with Crippen molar-refractivity contribution in [1.29, 1.82) is 0 Å². The van der Waals surface area contributed by atoms with E-state index in [1.807, 2.05) is 0 Å². The van der Waals surface area contributed by atoms with Crippen molar-refractivity contribution < 1.29 is 9.53 Å². The maximum atomic E-state index is 10.6. The van der Waals surface area contributed by atoms with Gasteiger partial charge in [-0.1, -0.05) is 25.0 Å². The van der Waals surface area contributed by atoms with E-state index in [1.165, 1.54) is 39.0 Å². The maximum absolute atomic E-state index is 10.6. The molecule has 0 amide bonds. The SMILES string of the molecule is CC(=O)OCCCC1/C=C\CCCCC1. The second-order valence-electron chi connectivity index (χ2n) is 4.31. The Morgan fingerprint density at radius 2 is 2.27 bits per heavy atom. The molecular weight excluding hydrogens is 188 g/mol. The predicted octanol–water partition coefficient (Wildman–Crippen LogP) is 3.47. The van der Waals surface area contributed by atoms with Crippen LogP contribution in [0, 0.1) is 5.92 Å². The molecule has 0 fully saturated rings. The Labute approximate surface area is 92.7 Å². The lowest BCUT2D eigenvalue weighted by atomic mass is 9.93. The number of ether oxygens (including phenoxy) is 1. The zero-order valence-corrected chi connectivity index (χ0v) is 9.71. The third-order valence-electron chi connectivity index (χ3n) is 2.88. The van der Waals surface area contributed by atoms with Crippen LogP contribution in [-0.4, -0.2) is 12.6 Å². The molecule has 86 valence electrons. The summed E-state index contributed by atoms with van der Waals surface area (Å²) in [5.74, 6) is 0.545. The average molecular weight is 210 g/mol. The van der Waals surface area contributed by atoms with Gasteiger partial charge in [-0.05, 0) is 38.0 Å². The number of carbonyl (C=O) groups is 1. The Balaban J connectivity index is 2.12. The van der Waals surface area contributed by atoms with Gasteiger partial charge in [-0.3, -0.25) is 4.79 Å². The Morgan fingerprint density at radius 1 is 1.40 bits per heavy atom. The van der Waals surface area contributed by atoms with Crippen molar-refractivity contribution >= 4 is 5.97 Å². The van der Waals surface area contributed by atoms with Crippen LogP contribution < -0.4 is 0 Å². The van der Waals surface area contributed by atoms with Crippen LogP contribution in [0.15, 0.2) is 12.2 Å². The summed E-state index contributed by atoms with van der Waals surface area (Å²) in [4.78, 5) is 10.6. The summed E-state index contributed by atoms with van der Waals surface area (Å²) in [6.45, 7) is 2.05. The molecule has 0 aromatic rings. The van der Waals surface area contributed by atoms with Crippen LogP contribution in [-0.2, 0) is 9.53 Å². The first-order valence-corrected chi connectivity index (χ1v) is 6.09. The Morgan fingerprint density at radius 3 is 3.07 bits per heavy atom. The van der Waals surface area contributed by atoms with Crippen LogP contribution in [0.2, 0.25) is 0 Å². The maximum Gasteiger partial charge on any atom is 0.302 e. The first-order chi connectivity index (χ1) is 7.29. The lowest BCUT2D eigenvalue weighted by Crippen LogP contribution is -2.04. The molecule has 1 aliphatic rings. The van der Waals surface area contributed by atoms with E-state index >= 15 is 0 Å². The summed E-state index contributed by atoms with van der Waals surface area (Å²) in [5, 5.41) is 0. The van der Waals surface area contributed by atoms with E-state index < -0.39 is 0 Å². The van der Waals surface area contributed by atoms with Crippen LogP contribution in [0.4, 0.5) is 0 Å². The van der Waals surface area contributed by atoms with Gasteiger partial charge in [-0.2, -0.15) is 0 Å². The van der Waals surface area contributed by atoms with Gasteiger partial charge < -0.3 is 4.74 Å². The molecule has 0 bridgehead atoms. The average Bonchev–Trinajstić information content (AvgIpc) is 2.14. The van der Waals surface area contributed by atoms with E-state index in [1.54, 1.807) is 0 Å². The highest BCUT2D eigenvalue weighted by Crippen LogP contribution is 2.20. The highest BCUT2D eigenvalue weighted by Gasteiger charge is 2.06. The minimum absolute atomic E-state index is 0.164. The molecule has 1 unspecified atom stereocenters. The van der Waals surface area contributed by atoms with Gasteiger partial charge in [0.25, 0.3) is 0 Å². The van der Waals surface area contributed by atoms with Crippen LogP contribution in [0.1, 0.15) is 51.9 Å². The van der Waals surface area contributed by atoms with Crippen LogP contribution in [0.5, 0.6) is 0 Å². The number of carbonyl (C=O) groups excluding carboxylic acids is 1. The van der Waals surface area contributed by atoms with Crippen molar-refractivity contribution in [2.75, 3.05) is 6.61 Å². The lowest BCUT2D eigenvalue weighted by molar-refractivity contribution is -0.141. The summed E-state index contributed by atoms with van der Waals surface area (Å²) in [7, 11) is 0. The van der Waals surface area contributed by atoms with E-state index in [2.05, 4.69) is 12.2 Å². The molecule has 0 aromatic carbocycles. The first kappa shape index (κ1) is 12.3. The van der Waals surface area contributed by atoms with Crippen LogP contribution in [0.3, 0.4) is 0 Å². The van der Waals surface area contributed by atoms with Gasteiger partial charge >= 0.3 is 5.97 Å². The molecule has 0 N–H and O–H groups in total. The number of hydrogen-bond acceptors (Lipinski definition) is 2. The second-order valence-corrected chi connectivity index (χ2v) is 4.31. The Kier molecular flexibility index (Phi) is 6.14. The van der Waals surface area contributed by atoms with Gasteiger partial charge in [-0.15, -0.1) is 0 Å². The number of allylic oxidation sites excluding steroid dienone is 2. The third-order valence-corrected chi connectivity index (χ3v) is 2.88. The van der Waals surface area contributed by atoms with Crippen LogP contribution in [0.25, 0.3) is 0 Å². The fraction of sp³-hybridized carbons (Fsp3) is 0.769. The van der Waals surface area contributed by atoms with Crippen molar-refractivity contribution in [1.82, 2.24) is 0 Å². The van der Waals surface area contributed by atoms with Crippen molar-refractivity contribution in [3.05, 3.63) is 12.2 Å². The molecule has 15 heavy (non-hydrogen) atoms. The first-order valence-electron chi connectivity index (χ1n) is 6.09. The van der Waals surface area contributed by atoms with Gasteiger partial charge in [-0.25, -0.2) is 0 Å². The Hall–Kier alpha value is -0.790. The van der Waals surface area contributed by atoms with Crippen molar-refractivity contribution in [3.8, 4) is 0 Å². The molecule has 0 radical (unpaired) electrons. The van der Waals surface area contributed by atoms with E-state index in [0.717, 1.165) is 12.8 Å². The topological polar surface area (TPSA) is 26.3 Å². The summed E-state index contributed by atoms with van der Waals surface area (Å²) >= 11 is 0. The van der Waals surface area contributed by atoms with E-state index in [0.29, 0.717) is 12.5 Å². The monoisotopic (exact) mass is 210 g/mol. The molecule has 1 aliphatic carbocycles. The van der Waals surface area contributed by atoms with Crippen molar-refractivity contribution in [2.45, 2.75) is 51.9 Å².